The van der Waals surface area contributed by atoms with E-state index in [0.29, 0.717) is 5.75 Å². The molecule has 6 heteroatoms. The molecular formula is C16H14F3NO2. The number of aryl methyl sites for hydroxylation is 1. The highest BCUT2D eigenvalue weighted by Crippen LogP contribution is 2.19. The maximum atomic E-state index is 13.4. The van der Waals surface area contributed by atoms with Gasteiger partial charge in [0.15, 0.2) is 24.1 Å². The monoisotopic (exact) mass is 309 g/mol. The molecule has 1 amide bonds. The van der Waals surface area contributed by atoms with E-state index in [4.69, 9.17) is 4.74 Å². The predicted octanol–water partition coefficient (Wildman–Crippen LogP) is 3.68. The summed E-state index contributed by atoms with van der Waals surface area (Å²) in [5, 5.41) is 2.13. The fourth-order valence-electron chi connectivity index (χ4n) is 1.81. The minimum absolute atomic E-state index is 0.369. The molecule has 0 saturated heterocycles. The Morgan fingerprint density at radius 1 is 1.14 bits per heavy atom. The van der Waals surface area contributed by atoms with Gasteiger partial charge in [0.05, 0.1) is 5.69 Å². The predicted molar refractivity (Wildman–Crippen MR) is 76.3 cm³/mol. The first-order valence-electron chi connectivity index (χ1n) is 6.66. The number of ether oxygens (including phenoxy) is 1. The number of benzene rings is 2. The second-order valence-corrected chi connectivity index (χ2v) is 4.56. The van der Waals surface area contributed by atoms with Gasteiger partial charge < -0.3 is 10.1 Å². The highest BCUT2D eigenvalue weighted by atomic mass is 19.2. The third-order valence-electron chi connectivity index (χ3n) is 2.99. The Morgan fingerprint density at radius 2 is 1.91 bits per heavy atom. The standard InChI is InChI=1S/C16H14F3NO2/c1-2-10-4-3-5-11(8-10)22-9-14(21)20-13-7-6-12(17)15(18)16(13)19/h3-8H,2,9H2,1H3,(H,20,21). The maximum absolute atomic E-state index is 13.4. The van der Waals surface area contributed by atoms with Gasteiger partial charge in [-0.3, -0.25) is 4.79 Å². The Morgan fingerprint density at radius 3 is 2.64 bits per heavy atom. The van der Waals surface area contributed by atoms with E-state index in [-0.39, 0.29) is 6.61 Å². The molecule has 1 N–H and O–H groups in total. The Labute approximate surface area is 125 Å². The Balaban J connectivity index is 1.97. The van der Waals surface area contributed by atoms with Crippen LogP contribution in [0.3, 0.4) is 0 Å². The van der Waals surface area contributed by atoms with Crippen molar-refractivity contribution in [3.8, 4) is 5.75 Å². The molecule has 22 heavy (non-hydrogen) atoms. The van der Waals surface area contributed by atoms with Gasteiger partial charge in [0.2, 0.25) is 0 Å². The normalized spacial score (nSPS) is 10.4. The SMILES string of the molecule is CCc1cccc(OCC(=O)Nc2ccc(F)c(F)c2F)c1. The lowest BCUT2D eigenvalue weighted by molar-refractivity contribution is -0.118. The van der Waals surface area contributed by atoms with Crippen molar-refractivity contribution in [1.29, 1.82) is 0 Å². The highest BCUT2D eigenvalue weighted by molar-refractivity contribution is 5.92. The first-order chi connectivity index (χ1) is 10.5. The molecule has 116 valence electrons. The summed E-state index contributed by atoms with van der Waals surface area (Å²) in [5.74, 6) is -4.56. The van der Waals surface area contributed by atoms with Crippen LogP contribution in [0.25, 0.3) is 0 Å². The van der Waals surface area contributed by atoms with Crippen molar-refractivity contribution in [2.45, 2.75) is 13.3 Å². The van der Waals surface area contributed by atoms with Crippen LogP contribution < -0.4 is 10.1 Å². The molecular weight excluding hydrogens is 295 g/mol. The summed E-state index contributed by atoms with van der Waals surface area (Å²) < 4.78 is 44.5. The zero-order valence-corrected chi connectivity index (χ0v) is 11.8. The molecule has 0 fully saturated rings. The van der Waals surface area contributed by atoms with Crippen LogP contribution in [0.4, 0.5) is 18.9 Å². The van der Waals surface area contributed by atoms with E-state index in [9.17, 15) is 18.0 Å². The molecule has 0 aromatic heterocycles. The average molecular weight is 309 g/mol. The molecule has 0 bridgehead atoms. The second-order valence-electron chi connectivity index (χ2n) is 4.56. The third-order valence-corrected chi connectivity index (χ3v) is 2.99. The molecule has 0 aliphatic rings. The summed E-state index contributed by atoms with van der Waals surface area (Å²) in [5.41, 5.74) is 0.611. The number of rotatable bonds is 5. The fourth-order valence-corrected chi connectivity index (χ4v) is 1.81. The van der Waals surface area contributed by atoms with E-state index in [1.807, 2.05) is 13.0 Å². The van der Waals surface area contributed by atoms with Gasteiger partial charge in [-0.2, -0.15) is 0 Å². The lowest BCUT2D eigenvalue weighted by Crippen LogP contribution is -2.21. The molecule has 0 heterocycles. The van der Waals surface area contributed by atoms with Crippen LogP contribution in [0.2, 0.25) is 0 Å². The summed E-state index contributed by atoms with van der Waals surface area (Å²) in [6.45, 7) is 1.61. The summed E-state index contributed by atoms with van der Waals surface area (Å²) in [6, 6.07) is 8.86. The lowest BCUT2D eigenvalue weighted by atomic mass is 10.2. The second kappa shape index (κ2) is 6.98. The number of amides is 1. The van der Waals surface area contributed by atoms with Crippen LogP contribution in [-0.4, -0.2) is 12.5 Å². The van der Waals surface area contributed by atoms with Gasteiger partial charge in [0, 0.05) is 0 Å². The summed E-state index contributed by atoms with van der Waals surface area (Å²) in [4.78, 5) is 11.7. The zero-order valence-electron chi connectivity index (χ0n) is 11.8. The van der Waals surface area contributed by atoms with E-state index in [1.54, 1.807) is 18.2 Å². The minimum Gasteiger partial charge on any atom is -0.484 e. The number of hydrogen-bond donors (Lipinski definition) is 1. The van der Waals surface area contributed by atoms with Gasteiger partial charge in [-0.1, -0.05) is 19.1 Å². The minimum atomic E-state index is -1.63. The van der Waals surface area contributed by atoms with Crippen molar-refractivity contribution < 1.29 is 22.7 Å². The molecule has 2 rings (SSSR count). The highest BCUT2D eigenvalue weighted by Gasteiger charge is 2.15. The van der Waals surface area contributed by atoms with Gasteiger partial charge in [-0.15, -0.1) is 0 Å². The van der Waals surface area contributed by atoms with Gasteiger partial charge >= 0.3 is 0 Å². The van der Waals surface area contributed by atoms with Gasteiger partial charge in [-0.05, 0) is 36.2 Å². The van der Waals surface area contributed by atoms with E-state index in [1.165, 1.54) is 0 Å². The third kappa shape index (κ3) is 3.78. The maximum Gasteiger partial charge on any atom is 0.262 e. The zero-order chi connectivity index (χ0) is 16.1. The number of carbonyl (C=O) groups excluding carboxylic acids is 1. The van der Waals surface area contributed by atoms with Crippen LogP contribution in [0.15, 0.2) is 36.4 Å². The summed E-state index contributed by atoms with van der Waals surface area (Å²) >= 11 is 0. The number of anilines is 1. The van der Waals surface area contributed by atoms with Gasteiger partial charge in [0.1, 0.15) is 5.75 Å². The largest absolute Gasteiger partial charge is 0.484 e. The first-order valence-corrected chi connectivity index (χ1v) is 6.66. The molecule has 2 aromatic carbocycles. The Kier molecular flexibility index (Phi) is 5.04. The van der Waals surface area contributed by atoms with Crippen LogP contribution in [0.1, 0.15) is 12.5 Å². The van der Waals surface area contributed by atoms with Crippen molar-refractivity contribution in [3.63, 3.8) is 0 Å². The number of carbonyl (C=O) groups is 1. The molecule has 0 aliphatic heterocycles. The quantitative estimate of drug-likeness (QED) is 0.856. The molecule has 0 unspecified atom stereocenters. The van der Waals surface area contributed by atoms with Crippen LogP contribution in [0, 0.1) is 17.5 Å². The Hall–Kier alpha value is -2.50. The average Bonchev–Trinajstić information content (AvgIpc) is 2.54. The molecule has 0 saturated carbocycles. The van der Waals surface area contributed by atoms with Crippen molar-refractivity contribution >= 4 is 11.6 Å². The summed E-state index contributed by atoms with van der Waals surface area (Å²) in [7, 11) is 0. The Bertz CT molecular complexity index is 689. The van der Waals surface area contributed by atoms with Gasteiger partial charge in [-0.25, -0.2) is 13.2 Å². The number of nitrogens with one attached hydrogen (secondary N) is 1. The molecule has 3 nitrogen and oxygen atoms in total. The molecule has 2 aromatic rings. The summed E-state index contributed by atoms with van der Waals surface area (Å²) in [6.07, 6.45) is 0.823. The van der Waals surface area contributed by atoms with Crippen LogP contribution >= 0.6 is 0 Å². The van der Waals surface area contributed by atoms with E-state index in [2.05, 4.69) is 5.32 Å². The molecule has 0 radical (unpaired) electrons. The lowest BCUT2D eigenvalue weighted by Gasteiger charge is -2.09. The molecule has 0 spiro atoms. The van der Waals surface area contributed by atoms with E-state index in [0.717, 1.165) is 24.1 Å². The smallest absolute Gasteiger partial charge is 0.262 e. The molecule has 0 aliphatic carbocycles. The van der Waals surface area contributed by atoms with Crippen molar-refractivity contribution in [2.24, 2.45) is 0 Å². The van der Waals surface area contributed by atoms with E-state index >= 15 is 0 Å². The van der Waals surface area contributed by atoms with Gasteiger partial charge in [0.25, 0.3) is 5.91 Å². The van der Waals surface area contributed by atoms with Crippen LogP contribution in [-0.2, 0) is 11.2 Å². The fraction of sp³-hybridized carbons (Fsp3) is 0.188. The number of halogens is 3. The van der Waals surface area contributed by atoms with Crippen molar-refractivity contribution in [2.75, 3.05) is 11.9 Å². The first kappa shape index (κ1) is 15.9. The van der Waals surface area contributed by atoms with Crippen molar-refractivity contribution in [1.82, 2.24) is 0 Å². The topological polar surface area (TPSA) is 38.3 Å². The molecule has 0 atom stereocenters. The van der Waals surface area contributed by atoms with Crippen molar-refractivity contribution in [3.05, 3.63) is 59.4 Å². The van der Waals surface area contributed by atoms with E-state index < -0.39 is 29.0 Å². The number of hydrogen-bond acceptors (Lipinski definition) is 2. The van der Waals surface area contributed by atoms with Crippen LogP contribution in [0.5, 0.6) is 5.75 Å².